The first-order chi connectivity index (χ1) is 70.4. The van der Waals surface area contributed by atoms with Crippen LogP contribution < -0.4 is 14.7 Å². The number of hydrogen-bond acceptors (Lipinski definition) is 6. The molecule has 0 atom stereocenters. The Morgan fingerprint density at radius 1 is 0.155 bits per heavy atom. The van der Waals surface area contributed by atoms with Gasteiger partial charge in [0.15, 0.2) is 0 Å². The zero-order valence-electron chi connectivity index (χ0n) is 77.3. The van der Waals surface area contributed by atoms with Gasteiger partial charge in [-0.2, -0.15) is 0 Å². The Labute approximate surface area is 828 Å². The molecule has 0 bridgehead atoms. The van der Waals surface area contributed by atoms with E-state index in [4.69, 9.17) is 4.42 Å². The maximum absolute atomic E-state index is 6.65. The van der Waals surface area contributed by atoms with E-state index in [0.29, 0.717) is 0 Å². The van der Waals surface area contributed by atoms with Gasteiger partial charge in [0.2, 0.25) is 0 Å². The zero-order chi connectivity index (χ0) is 93.7. The van der Waals surface area contributed by atoms with Crippen LogP contribution >= 0.6 is 22.7 Å². The van der Waals surface area contributed by atoms with E-state index in [0.717, 1.165) is 78.5 Å². The second-order valence-electron chi connectivity index (χ2n) is 36.8. The second-order valence-corrected chi connectivity index (χ2v) is 38.9. The molecule has 0 aliphatic carbocycles. The zero-order valence-corrected chi connectivity index (χ0v) is 78.9. The lowest BCUT2D eigenvalue weighted by Crippen LogP contribution is -2.11. The summed E-state index contributed by atoms with van der Waals surface area (Å²) in [6.45, 7) is 0. The van der Waals surface area contributed by atoms with E-state index >= 15 is 0 Å². The van der Waals surface area contributed by atoms with E-state index in [-0.39, 0.29) is 0 Å². The third kappa shape index (κ3) is 14.7. The van der Waals surface area contributed by atoms with Gasteiger partial charge in [0.05, 0.1) is 22.4 Å². The Morgan fingerprint density at radius 2 is 0.479 bits per heavy atom. The van der Waals surface area contributed by atoms with Gasteiger partial charge in [-0.25, -0.2) is 0 Å². The lowest BCUT2D eigenvalue weighted by Gasteiger charge is -2.29. The Hall–Kier alpha value is -18.0. The summed E-state index contributed by atoms with van der Waals surface area (Å²) in [5.41, 5.74) is 21.7. The van der Waals surface area contributed by atoms with Crippen molar-refractivity contribution in [3.8, 4) is 44.5 Å². The van der Waals surface area contributed by atoms with Crippen LogP contribution in [0.1, 0.15) is 0 Å². The molecule has 4 nitrogen and oxygen atoms in total. The number of nitrogens with zero attached hydrogens (tertiary/aromatic N) is 3. The van der Waals surface area contributed by atoms with Crippen LogP contribution in [0.25, 0.3) is 215 Å². The third-order valence-electron chi connectivity index (χ3n) is 28.7. The predicted molar refractivity (Wildman–Crippen MR) is 613 cm³/mol. The standard InChI is InChI=1S/2C48H31NS.C40H25NO/c1-2-10-32(11-3-1)33-18-23-37(24-19-33)49(39-27-29-44-45-28-22-34-12-4-7-15-41(34)48(45)50-47(44)31-39)38-25-20-35(21-26-38)46-30-36-13-5-6-14-40(36)42-16-8-9-17-43(42)46;1-2-8-32(9-3-1)33-16-22-39(23-17-33)49(41-26-29-45-46-28-20-36-11-5-7-13-44(36)48(46)50-47(45)31-41)40-24-18-34(19-25-40)37-21-27-43-38(30-37)15-14-35-10-4-6-12-42(35)43;1-5-16-30-26(11-1)14-9-20-35(30)41(37-25-28-13-3-4-15-29(28)32-18-7-8-19-33(32)37)36-21-10-22-38-39(36)34-24-23-27-12-2-6-17-31(27)40(34)42-38/h2*1-31H;1-25H. The van der Waals surface area contributed by atoms with Crippen LogP contribution in [0.2, 0.25) is 0 Å². The van der Waals surface area contributed by atoms with E-state index < -0.39 is 0 Å². The first-order valence-electron chi connectivity index (χ1n) is 48.5. The van der Waals surface area contributed by atoms with Crippen molar-refractivity contribution in [3.63, 3.8) is 0 Å². The molecule has 0 saturated heterocycles. The highest BCUT2D eigenvalue weighted by molar-refractivity contribution is 7.27. The fourth-order valence-corrected chi connectivity index (χ4v) is 24.4. The Kier molecular flexibility index (Phi) is 20.7. The van der Waals surface area contributed by atoms with Gasteiger partial charge in [-0.1, -0.05) is 413 Å². The number of furan rings is 1. The van der Waals surface area contributed by atoms with Gasteiger partial charge in [-0.05, 0) is 251 Å². The average Bonchev–Trinajstić information content (AvgIpc) is 1.37. The van der Waals surface area contributed by atoms with Crippen LogP contribution in [0.15, 0.2) is 532 Å². The fourth-order valence-electron chi connectivity index (χ4n) is 21.8. The first-order valence-corrected chi connectivity index (χ1v) is 50.2. The van der Waals surface area contributed by atoms with Gasteiger partial charge in [0.1, 0.15) is 11.2 Å². The van der Waals surface area contributed by atoms with Gasteiger partial charge in [0, 0.05) is 96.0 Å². The molecule has 0 unspecified atom stereocenters. The van der Waals surface area contributed by atoms with Crippen molar-refractivity contribution in [2.75, 3.05) is 14.7 Å². The van der Waals surface area contributed by atoms with E-state index in [1.54, 1.807) is 0 Å². The molecule has 3 aromatic heterocycles. The SMILES string of the molecule is c1ccc(-c2ccc(N(c3ccc(-c4cc5ccccc5c5ccccc45)cc3)c3ccc4c(c3)sc3c5ccccc5ccc43)cc2)cc1.c1ccc(-c2ccc(N(c3ccc(-c4ccc5c(ccc6ccccc65)c4)cc3)c3ccc4c(c3)sc3c5ccccc5ccc43)cc2)cc1.c1ccc2c(N(c3cc4ccccc4c4ccccc34)c3cccc4oc5c6ccccc6ccc5c34)cccc2c1. The van der Waals surface area contributed by atoms with Gasteiger partial charge < -0.3 is 19.1 Å². The Bertz CT molecular complexity index is 10000. The maximum Gasteiger partial charge on any atom is 0.143 e. The molecule has 0 saturated carbocycles. The molecule has 29 aromatic rings. The Morgan fingerprint density at radius 3 is 1.01 bits per heavy atom. The molecular formula is C136H87N3OS2. The highest BCUT2D eigenvalue weighted by atomic mass is 32.1. The third-order valence-corrected chi connectivity index (χ3v) is 31.1. The van der Waals surface area contributed by atoms with Crippen LogP contribution in [0.5, 0.6) is 0 Å². The molecule has 0 radical (unpaired) electrons. The number of anilines is 9. The van der Waals surface area contributed by atoms with E-state index in [9.17, 15) is 0 Å². The number of fused-ring (bicyclic) bond motifs is 25. The molecule has 0 N–H and O–H groups in total. The van der Waals surface area contributed by atoms with Crippen molar-refractivity contribution in [3.05, 3.63) is 528 Å². The summed E-state index contributed by atoms with van der Waals surface area (Å²) >= 11 is 3.78. The van der Waals surface area contributed by atoms with Crippen molar-refractivity contribution in [1.82, 2.24) is 0 Å². The lowest BCUT2D eigenvalue weighted by atomic mass is 9.93. The largest absolute Gasteiger partial charge is 0.455 e. The molecule has 6 heteroatoms. The number of hydrogen-bond donors (Lipinski definition) is 0. The average molecular weight is 1840 g/mol. The quantitative estimate of drug-likeness (QED) is 0.107. The second kappa shape index (κ2) is 35.2. The summed E-state index contributed by atoms with van der Waals surface area (Å²) in [4.78, 5) is 7.22. The van der Waals surface area contributed by atoms with Gasteiger partial charge >= 0.3 is 0 Å². The summed E-state index contributed by atoms with van der Waals surface area (Å²) in [5.74, 6) is 0. The molecule has 0 spiro atoms. The van der Waals surface area contributed by atoms with Gasteiger partial charge in [0.25, 0.3) is 0 Å². The topological polar surface area (TPSA) is 22.9 Å². The van der Waals surface area contributed by atoms with E-state index in [1.165, 1.54) is 187 Å². The van der Waals surface area contributed by atoms with Crippen molar-refractivity contribution < 1.29 is 4.42 Å². The number of thiophene rings is 2. The normalized spacial score (nSPS) is 11.7. The summed E-state index contributed by atoms with van der Waals surface area (Å²) in [6, 6.07) is 192. The molecule has 664 valence electrons. The minimum atomic E-state index is 0.884. The highest BCUT2D eigenvalue weighted by Gasteiger charge is 2.27. The molecule has 142 heavy (non-hydrogen) atoms. The van der Waals surface area contributed by atoms with Crippen LogP contribution in [0, 0.1) is 0 Å². The van der Waals surface area contributed by atoms with Crippen molar-refractivity contribution in [2.45, 2.75) is 0 Å². The van der Waals surface area contributed by atoms with Crippen molar-refractivity contribution in [1.29, 1.82) is 0 Å². The smallest absolute Gasteiger partial charge is 0.143 e. The van der Waals surface area contributed by atoms with E-state index in [1.807, 2.05) is 22.7 Å². The lowest BCUT2D eigenvalue weighted by molar-refractivity contribution is 0.672. The molecule has 26 aromatic carbocycles. The molecule has 0 aliphatic heterocycles. The molecule has 29 rings (SSSR count). The molecule has 3 heterocycles. The van der Waals surface area contributed by atoms with E-state index in [2.05, 4.69) is 542 Å². The van der Waals surface area contributed by atoms with Crippen LogP contribution in [-0.4, -0.2) is 0 Å². The summed E-state index contributed by atoms with van der Waals surface area (Å²) in [7, 11) is 0. The van der Waals surface area contributed by atoms with Gasteiger partial charge in [-0.15, -0.1) is 22.7 Å². The summed E-state index contributed by atoms with van der Waals surface area (Å²) < 4.78 is 11.9. The van der Waals surface area contributed by atoms with Crippen molar-refractivity contribution >= 4 is 244 Å². The number of benzene rings is 26. The highest BCUT2D eigenvalue weighted by Crippen LogP contribution is 2.52. The Balaban J connectivity index is 0.000000107. The molecular weight excluding hydrogens is 1760 g/mol. The minimum Gasteiger partial charge on any atom is -0.455 e. The summed E-state index contributed by atoms with van der Waals surface area (Å²) in [5, 5.41) is 32.6. The minimum absolute atomic E-state index is 0.884. The fraction of sp³-hybridized carbons (Fsp3) is 0. The van der Waals surface area contributed by atoms with Crippen molar-refractivity contribution in [2.24, 2.45) is 0 Å². The summed E-state index contributed by atoms with van der Waals surface area (Å²) in [6.07, 6.45) is 0. The maximum atomic E-state index is 6.65. The monoisotopic (exact) mass is 1840 g/mol. The molecule has 0 amide bonds. The van der Waals surface area contributed by atoms with Crippen LogP contribution in [0.3, 0.4) is 0 Å². The van der Waals surface area contributed by atoms with Crippen LogP contribution in [-0.2, 0) is 0 Å². The number of rotatable bonds is 13. The predicted octanol–water partition coefficient (Wildman–Crippen LogP) is 40.3. The first kappa shape index (κ1) is 83.3. The molecule has 0 aliphatic rings. The van der Waals surface area contributed by atoms with Crippen LogP contribution in [0.4, 0.5) is 51.2 Å². The molecule has 0 fully saturated rings. The van der Waals surface area contributed by atoms with Gasteiger partial charge in [-0.3, -0.25) is 0 Å².